The van der Waals surface area contributed by atoms with Crippen LogP contribution in [-0.4, -0.2) is 35.5 Å². The number of rotatable bonds is 9. The number of halogens is 1. The largest absolute Gasteiger partial charge is 0.494 e. The first-order valence-corrected chi connectivity index (χ1v) is 11.5. The van der Waals surface area contributed by atoms with Crippen molar-refractivity contribution in [3.63, 3.8) is 0 Å². The van der Waals surface area contributed by atoms with E-state index < -0.39 is 5.97 Å². The first kappa shape index (κ1) is 23.5. The van der Waals surface area contributed by atoms with Crippen molar-refractivity contribution in [3.8, 4) is 16.9 Å². The summed E-state index contributed by atoms with van der Waals surface area (Å²) in [7, 11) is 0. The second-order valence-corrected chi connectivity index (χ2v) is 7.94. The van der Waals surface area contributed by atoms with Gasteiger partial charge in [-0.3, -0.25) is 0 Å². The van der Waals surface area contributed by atoms with Crippen LogP contribution < -0.4 is 4.74 Å². The minimum atomic E-state index is -0.423. The zero-order chi connectivity index (χ0) is 24.1. The van der Waals surface area contributed by atoms with Crippen LogP contribution in [0.2, 0.25) is 0 Å². The topological polar surface area (TPSA) is 60.7 Å². The van der Waals surface area contributed by atoms with Gasteiger partial charge in [-0.25, -0.2) is 9.18 Å². The number of aromatic nitrogens is 1. The minimum absolute atomic E-state index is 0.0327. The molecule has 0 spiro atoms. The highest BCUT2D eigenvalue weighted by Gasteiger charge is 2.25. The normalized spacial score (nSPS) is 11.1. The van der Waals surface area contributed by atoms with E-state index in [4.69, 9.17) is 9.47 Å². The van der Waals surface area contributed by atoms with Crippen molar-refractivity contribution in [3.05, 3.63) is 89.4 Å². The van der Waals surface area contributed by atoms with Crippen LogP contribution in [0.3, 0.4) is 0 Å². The zero-order valence-electron chi connectivity index (χ0n) is 19.4. The molecule has 4 rings (SSSR count). The molecule has 0 radical (unpaired) electrons. The lowest BCUT2D eigenvalue weighted by Crippen LogP contribution is -2.14. The number of aliphatic hydroxyl groups is 1. The van der Waals surface area contributed by atoms with Crippen molar-refractivity contribution in [1.82, 2.24) is 4.57 Å². The Morgan fingerprint density at radius 3 is 2.29 bits per heavy atom. The molecule has 0 aliphatic heterocycles. The average Bonchev–Trinajstić information content (AvgIpc) is 3.15. The fourth-order valence-electron chi connectivity index (χ4n) is 4.21. The Balaban J connectivity index is 1.97. The van der Waals surface area contributed by atoms with Crippen LogP contribution in [0, 0.1) is 5.82 Å². The molecule has 0 saturated heterocycles. The van der Waals surface area contributed by atoms with Crippen molar-refractivity contribution < 1.29 is 23.8 Å². The smallest absolute Gasteiger partial charge is 0.355 e. The van der Waals surface area contributed by atoms with E-state index in [1.165, 1.54) is 12.1 Å². The zero-order valence-corrected chi connectivity index (χ0v) is 19.4. The number of ether oxygens (including phenoxy) is 2. The lowest BCUT2D eigenvalue weighted by Gasteiger charge is -2.12. The van der Waals surface area contributed by atoms with E-state index >= 15 is 0 Å². The molecule has 1 heterocycles. The van der Waals surface area contributed by atoms with Gasteiger partial charge >= 0.3 is 5.97 Å². The van der Waals surface area contributed by atoms with Gasteiger partial charge in [0.1, 0.15) is 17.3 Å². The highest BCUT2D eigenvalue weighted by Crippen LogP contribution is 2.37. The quantitative estimate of drug-likeness (QED) is 0.329. The molecule has 34 heavy (non-hydrogen) atoms. The third-order valence-corrected chi connectivity index (χ3v) is 5.71. The molecule has 4 aromatic rings. The van der Waals surface area contributed by atoms with E-state index in [1.807, 2.05) is 54.0 Å². The van der Waals surface area contributed by atoms with E-state index in [-0.39, 0.29) is 19.0 Å². The van der Waals surface area contributed by atoms with Crippen LogP contribution >= 0.6 is 0 Å². The summed E-state index contributed by atoms with van der Waals surface area (Å²) >= 11 is 0. The van der Waals surface area contributed by atoms with Crippen molar-refractivity contribution in [2.24, 2.45) is 0 Å². The summed E-state index contributed by atoms with van der Waals surface area (Å²) in [4.78, 5) is 13.3. The predicted octanol–water partition coefficient (Wildman–Crippen LogP) is 5.61. The van der Waals surface area contributed by atoms with Gasteiger partial charge in [0.15, 0.2) is 0 Å². The average molecular weight is 462 g/mol. The fourth-order valence-corrected chi connectivity index (χ4v) is 4.21. The van der Waals surface area contributed by atoms with Crippen LogP contribution in [0.1, 0.15) is 35.5 Å². The molecule has 0 aliphatic rings. The Morgan fingerprint density at radius 2 is 1.65 bits per heavy atom. The molecule has 176 valence electrons. The van der Waals surface area contributed by atoms with Gasteiger partial charge < -0.3 is 19.1 Å². The van der Waals surface area contributed by atoms with Gasteiger partial charge in [-0.15, -0.1) is 0 Å². The van der Waals surface area contributed by atoms with Gasteiger partial charge in [0, 0.05) is 29.6 Å². The summed E-state index contributed by atoms with van der Waals surface area (Å²) < 4.78 is 26.5. The Bertz CT molecular complexity index is 1280. The summed E-state index contributed by atoms with van der Waals surface area (Å²) in [5.41, 5.74) is 4.75. The standard InChI is InChI=1S/C28H28FNO4/c1-3-33-23-12-8-21(9-13-23)26-24-17-19(15-16-31)7-14-25(24)30(27(26)28(32)34-4-2)18-20-5-10-22(29)11-6-20/h5-14,17,31H,3-4,15-16,18H2,1-2H3. The maximum atomic E-state index is 13.5. The number of esters is 1. The second-order valence-electron chi connectivity index (χ2n) is 7.94. The number of hydrogen-bond acceptors (Lipinski definition) is 4. The van der Waals surface area contributed by atoms with Crippen LogP contribution in [0.25, 0.3) is 22.0 Å². The third-order valence-electron chi connectivity index (χ3n) is 5.71. The molecule has 0 bridgehead atoms. The number of hydrogen-bond donors (Lipinski definition) is 1. The number of benzene rings is 3. The lowest BCUT2D eigenvalue weighted by molar-refractivity contribution is 0.0516. The van der Waals surface area contributed by atoms with Crippen LogP contribution in [0.15, 0.2) is 66.7 Å². The molecule has 1 aromatic heterocycles. The number of carbonyl (C=O) groups excluding carboxylic acids is 1. The Hall–Kier alpha value is -3.64. The van der Waals surface area contributed by atoms with Crippen LogP contribution in [-0.2, 0) is 17.7 Å². The summed E-state index contributed by atoms with van der Waals surface area (Å²) in [6, 6.07) is 19.8. The second kappa shape index (κ2) is 10.5. The summed E-state index contributed by atoms with van der Waals surface area (Å²) in [5, 5.41) is 10.4. The molecule has 0 atom stereocenters. The van der Waals surface area contributed by atoms with Gasteiger partial charge in [-0.1, -0.05) is 30.3 Å². The molecule has 0 aliphatic carbocycles. The van der Waals surface area contributed by atoms with Crippen molar-refractivity contribution in [2.75, 3.05) is 19.8 Å². The first-order valence-electron chi connectivity index (χ1n) is 11.5. The maximum absolute atomic E-state index is 13.5. The SMILES string of the molecule is CCOC(=O)c1c(-c2ccc(OCC)cc2)c2cc(CCO)ccc2n1Cc1ccc(F)cc1. The molecule has 6 heteroatoms. The van der Waals surface area contributed by atoms with E-state index in [2.05, 4.69) is 0 Å². The molecule has 3 aromatic carbocycles. The van der Waals surface area contributed by atoms with E-state index in [0.29, 0.717) is 25.3 Å². The molecule has 5 nitrogen and oxygen atoms in total. The van der Waals surface area contributed by atoms with Crippen LogP contribution in [0.4, 0.5) is 4.39 Å². The van der Waals surface area contributed by atoms with Gasteiger partial charge in [0.2, 0.25) is 0 Å². The highest BCUT2D eigenvalue weighted by molar-refractivity contribution is 6.09. The minimum Gasteiger partial charge on any atom is -0.494 e. The lowest BCUT2D eigenvalue weighted by atomic mass is 9.99. The molecule has 1 N–H and O–H groups in total. The predicted molar refractivity (Wildman–Crippen MR) is 131 cm³/mol. The third kappa shape index (κ3) is 4.82. The molecule has 0 saturated carbocycles. The van der Waals surface area contributed by atoms with E-state index in [9.17, 15) is 14.3 Å². The highest BCUT2D eigenvalue weighted by atomic mass is 19.1. The van der Waals surface area contributed by atoms with Crippen molar-refractivity contribution in [2.45, 2.75) is 26.8 Å². The number of carbonyl (C=O) groups is 1. The monoisotopic (exact) mass is 461 g/mol. The van der Waals surface area contributed by atoms with E-state index in [1.54, 1.807) is 19.1 Å². The fraction of sp³-hybridized carbons (Fsp3) is 0.250. The number of aliphatic hydroxyl groups excluding tert-OH is 1. The summed E-state index contributed by atoms with van der Waals surface area (Å²) in [6.45, 7) is 4.93. The number of fused-ring (bicyclic) bond motifs is 1. The van der Waals surface area contributed by atoms with Gasteiger partial charge in [-0.05, 0) is 73.4 Å². The summed E-state index contributed by atoms with van der Waals surface area (Å²) in [5.74, 6) is 0.0174. The molecule has 0 unspecified atom stereocenters. The van der Waals surface area contributed by atoms with Crippen LogP contribution in [0.5, 0.6) is 5.75 Å². The molecule has 0 amide bonds. The number of nitrogens with zero attached hydrogens (tertiary/aromatic N) is 1. The Morgan fingerprint density at radius 1 is 0.941 bits per heavy atom. The van der Waals surface area contributed by atoms with Crippen molar-refractivity contribution >= 4 is 16.9 Å². The maximum Gasteiger partial charge on any atom is 0.355 e. The van der Waals surface area contributed by atoms with Gasteiger partial charge in [0.25, 0.3) is 0 Å². The first-order chi connectivity index (χ1) is 16.5. The Kier molecular flexibility index (Phi) is 7.28. The summed E-state index contributed by atoms with van der Waals surface area (Å²) in [6.07, 6.45) is 0.510. The molecular formula is C28H28FNO4. The Labute approximate surface area is 198 Å². The molecular weight excluding hydrogens is 433 g/mol. The van der Waals surface area contributed by atoms with Crippen molar-refractivity contribution in [1.29, 1.82) is 0 Å². The van der Waals surface area contributed by atoms with Gasteiger partial charge in [-0.2, -0.15) is 0 Å². The molecule has 0 fully saturated rings. The van der Waals surface area contributed by atoms with Gasteiger partial charge in [0.05, 0.1) is 13.2 Å². The van der Waals surface area contributed by atoms with E-state index in [0.717, 1.165) is 38.9 Å².